The zero-order valence-electron chi connectivity index (χ0n) is 10.8. The summed E-state index contributed by atoms with van der Waals surface area (Å²) in [5.74, 6) is 2.45. The highest BCUT2D eigenvalue weighted by molar-refractivity contribution is 9.09. The van der Waals surface area contributed by atoms with Crippen molar-refractivity contribution >= 4 is 21.7 Å². The molecule has 0 atom stereocenters. The van der Waals surface area contributed by atoms with Gasteiger partial charge in [-0.05, 0) is 19.8 Å². The first-order chi connectivity index (χ1) is 8.06. The Morgan fingerprint density at radius 3 is 2.53 bits per heavy atom. The Labute approximate surface area is 112 Å². The van der Waals surface area contributed by atoms with Crippen molar-refractivity contribution in [2.45, 2.75) is 44.4 Å². The Balaban J connectivity index is 2.20. The summed E-state index contributed by atoms with van der Waals surface area (Å²) in [7, 11) is 0. The van der Waals surface area contributed by atoms with Crippen molar-refractivity contribution in [3.63, 3.8) is 0 Å². The van der Waals surface area contributed by atoms with Gasteiger partial charge >= 0.3 is 0 Å². The van der Waals surface area contributed by atoms with Gasteiger partial charge in [0.2, 0.25) is 0 Å². The lowest BCUT2D eigenvalue weighted by Gasteiger charge is -2.30. The molecule has 3 nitrogen and oxygen atoms in total. The van der Waals surface area contributed by atoms with Crippen LogP contribution in [0.15, 0.2) is 6.07 Å². The molecule has 2 rings (SSSR count). The van der Waals surface area contributed by atoms with E-state index in [0.717, 1.165) is 30.4 Å². The molecule has 0 radical (unpaired) electrons. The molecule has 1 aliphatic rings. The van der Waals surface area contributed by atoms with Gasteiger partial charge in [-0.25, -0.2) is 9.97 Å². The van der Waals surface area contributed by atoms with Crippen LogP contribution in [0.1, 0.15) is 44.1 Å². The predicted octanol–water partition coefficient (Wildman–Crippen LogP) is 3.27. The van der Waals surface area contributed by atoms with Crippen LogP contribution in [-0.2, 0) is 0 Å². The van der Waals surface area contributed by atoms with E-state index in [1.165, 1.54) is 12.8 Å². The Morgan fingerprint density at radius 1 is 1.29 bits per heavy atom. The summed E-state index contributed by atoms with van der Waals surface area (Å²) < 4.78 is 0. The molecule has 1 saturated heterocycles. The Hall–Kier alpha value is -0.640. The summed E-state index contributed by atoms with van der Waals surface area (Å²) in [6.07, 6.45) is 2.39. The van der Waals surface area contributed by atoms with Crippen molar-refractivity contribution in [2.75, 3.05) is 18.0 Å². The van der Waals surface area contributed by atoms with Gasteiger partial charge in [0, 0.05) is 35.6 Å². The molecule has 2 heterocycles. The van der Waals surface area contributed by atoms with Crippen LogP contribution >= 0.6 is 15.9 Å². The number of halogens is 1. The molecule has 1 aromatic rings. The van der Waals surface area contributed by atoms with Crippen LogP contribution in [0.5, 0.6) is 0 Å². The topological polar surface area (TPSA) is 29.0 Å². The van der Waals surface area contributed by atoms with Gasteiger partial charge in [-0.3, -0.25) is 0 Å². The van der Waals surface area contributed by atoms with Gasteiger partial charge in [-0.2, -0.15) is 0 Å². The number of aromatic nitrogens is 2. The molecule has 94 valence electrons. The van der Waals surface area contributed by atoms with Crippen molar-refractivity contribution < 1.29 is 0 Å². The van der Waals surface area contributed by atoms with E-state index in [4.69, 9.17) is 0 Å². The molecule has 0 aromatic carbocycles. The molecule has 1 aliphatic heterocycles. The van der Waals surface area contributed by atoms with Gasteiger partial charge in [0.1, 0.15) is 11.6 Å². The van der Waals surface area contributed by atoms with E-state index in [9.17, 15) is 0 Å². The third kappa shape index (κ3) is 3.18. The number of piperidine rings is 1. The van der Waals surface area contributed by atoms with Gasteiger partial charge in [-0.15, -0.1) is 0 Å². The first-order valence-electron chi connectivity index (χ1n) is 6.31. The quantitative estimate of drug-likeness (QED) is 0.785. The number of rotatable bonds is 2. The molecule has 17 heavy (non-hydrogen) atoms. The second-order valence-electron chi connectivity index (χ2n) is 5.04. The van der Waals surface area contributed by atoms with Crippen LogP contribution in [-0.4, -0.2) is 27.9 Å². The number of aryl methyl sites for hydroxylation is 1. The molecule has 0 aliphatic carbocycles. The van der Waals surface area contributed by atoms with Crippen LogP contribution in [0.3, 0.4) is 0 Å². The van der Waals surface area contributed by atoms with Crippen molar-refractivity contribution in [3.8, 4) is 0 Å². The summed E-state index contributed by atoms with van der Waals surface area (Å²) in [5, 5.41) is 0. The summed E-state index contributed by atoms with van der Waals surface area (Å²) >= 11 is 3.68. The molecule has 0 amide bonds. The van der Waals surface area contributed by atoms with Gasteiger partial charge in [-0.1, -0.05) is 29.8 Å². The standard InChI is InChI=1S/C13H20BrN3/c1-9(2)13-15-10(3)8-12(16-13)17-6-4-11(14)5-7-17/h8-9,11H,4-7H2,1-3H3. The molecule has 0 spiro atoms. The van der Waals surface area contributed by atoms with Gasteiger partial charge in [0.05, 0.1) is 0 Å². The number of alkyl halides is 1. The molecular formula is C13H20BrN3. The van der Waals surface area contributed by atoms with Crippen LogP contribution in [0.4, 0.5) is 5.82 Å². The summed E-state index contributed by atoms with van der Waals surface area (Å²) in [4.78, 5) is 12.2. The van der Waals surface area contributed by atoms with Crippen molar-refractivity contribution in [1.29, 1.82) is 0 Å². The fraction of sp³-hybridized carbons (Fsp3) is 0.692. The fourth-order valence-corrected chi connectivity index (χ4v) is 2.48. The lowest BCUT2D eigenvalue weighted by Crippen LogP contribution is -2.34. The highest BCUT2D eigenvalue weighted by atomic mass is 79.9. The average Bonchev–Trinajstić information content (AvgIpc) is 2.29. The molecule has 1 aromatic heterocycles. The maximum absolute atomic E-state index is 4.68. The first kappa shape index (κ1) is 12.8. The third-order valence-corrected chi connectivity index (χ3v) is 4.04. The SMILES string of the molecule is Cc1cc(N2CCC(Br)CC2)nc(C(C)C)n1. The molecule has 0 saturated carbocycles. The van der Waals surface area contributed by atoms with Crippen molar-refractivity contribution in [3.05, 3.63) is 17.6 Å². The third-order valence-electron chi connectivity index (χ3n) is 3.12. The molecule has 4 heteroatoms. The lowest BCUT2D eigenvalue weighted by atomic mass is 10.1. The molecule has 0 N–H and O–H groups in total. The van der Waals surface area contributed by atoms with Crippen molar-refractivity contribution in [2.24, 2.45) is 0 Å². The second-order valence-corrected chi connectivity index (χ2v) is 6.34. The van der Waals surface area contributed by atoms with E-state index in [-0.39, 0.29) is 0 Å². The van der Waals surface area contributed by atoms with E-state index < -0.39 is 0 Å². The predicted molar refractivity (Wildman–Crippen MR) is 75.0 cm³/mol. The Kier molecular flexibility index (Phi) is 4.02. The highest BCUT2D eigenvalue weighted by Crippen LogP contribution is 2.23. The highest BCUT2D eigenvalue weighted by Gasteiger charge is 2.19. The minimum absolute atomic E-state index is 0.391. The van der Waals surface area contributed by atoms with Crippen LogP contribution in [0.2, 0.25) is 0 Å². The number of hydrogen-bond acceptors (Lipinski definition) is 3. The molecular weight excluding hydrogens is 278 g/mol. The summed E-state index contributed by atoms with van der Waals surface area (Å²) in [6.45, 7) is 8.51. The van der Waals surface area contributed by atoms with E-state index in [1.807, 2.05) is 6.92 Å². The number of hydrogen-bond donors (Lipinski definition) is 0. The first-order valence-corrected chi connectivity index (χ1v) is 7.22. The smallest absolute Gasteiger partial charge is 0.133 e. The maximum atomic E-state index is 4.68. The van der Waals surface area contributed by atoms with E-state index >= 15 is 0 Å². The molecule has 0 unspecified atom stereocenters. The maximum Gasteiger partial charge on any atom is 0.133 e. The van der Waals surface area contributed by atoms with E-state index in [1.54, 1.807) is 0 Å². The zero-order valence-corrected chi connectivity index (χ0v) is 12.4. The van der Waals surface area contributed by atoms with Gasteiger partial charge < -0.3 is 4.90 Å². The molecule has 0 bridgehead atoms. The van der Waals surface area contributed by atoms with Gasteiger partial charge in [0.25, 0.3) is 0 Å². The zero-order chi connectivity index (χ0) is 12.4. The Morgan fingerprint density at radius 2 is 1.94 bits per heavy atom. The average molecular weight is 298 g/mol. The van der Waals surface area contributed by atoms with Crippen molar-refractivity contribution in [1.82, 2.24) is 9.97 Å². The van der Waals surface area contributed by atoms with Gasteiger partial charge in [0.15, 0.2) is 0 Å². The monoisotopic (exact) mass is 297 g/mol. The van der Waals surface area contributed by atoms with E-state index in [0.29, 0.717) is 10.7 Å². The molecule has 1 fully saturated rings. The fourth-order valence-electron chi connectivity index (χ4n) is 2.07. The van der Waals surface area contributed by atoms with Crippen LogP contribution in [0.25, 0.3) is 0 Å². The normalized spacial score (nSPS) is 17.8. The van der Waals surface area contributed by atoms with E-state index in [2.05, 4.69) is 50.7 Å². The van der Waals surface area contributed by atoms with Crippen LogP contribution in [0, 0.1) is 6.92 Å². The second kappa shape index (κ2) is 5.34. The lowest BCUT2D eigenvalue weighted by molar-refractivity contribution is 0.589. The largest absolute Gasteiger partial charge is 0.356 e. The summed E-state index contributed by atoms with van der Waals surface area (Å²) in [5.41, 5.74) is 1.07. The minimum atomic E-state index is 0.391. The number of nitrogens with zero attached hydrogens (tertiary/aromatic N) is 3. The Bertz CT molecular complexity index is 384. The number of anilines is 1. The summed E-state index contributed by atoms with van der Waals surface area (Å²) in [6, 6.07) is 2.10. The minimum Gasteiger partial charge on any atom is -0.356 e. The van der Waals surface area contributed by atoms with Crippen LogP contribution < -0.4 is 4.90 Å².